The van der Waals surface area contributed by atoms with E-state index in [1.165, 1.54) is 6.08 Å². The Labute approximate surface area is 103 Å². The number of imide groups is 1. The fourth-order valence-electron chi connectivity index (χ4n) is 1.82. The standard InChI is InChI=1S/C13H11NO4/c15-11-7-10(13(17)18)9(12(16)14-11)6-8-4-2-1-3-5-8/h1-6,10H,7H2,(H,17,18)(H,14,15,16)/b9-6-. The van der Waals surface area contributed by atoms with Gasteiger partial charge in [0, 0.05) is 12.0 Å². The molecule has 1 heterocycles. The van der Waals surface area contributed by atoms with E-state index in [1.807, 2.05) is 6.07 Å². The van der Waals surface area contributed by atoms with Crippen molar-refractivity contribution in [3.05, 3.63) is 41.5 Å². The lowest BCUT2D eigenvalue weighted by molar-refractivity contribution is -0.146. The molecule has 1 fully saturated rings. The molecule has 0 aliphatic carbocycles. The van der Waals surface area contributed by atoms with Crippen LogP contribution in [0, 0.1) is 5.92 Å². The first-order valence-electron chi connectivity index (χ1n) is 5.41. The van der Waals surface area contributed by atoms with E-state index in [0.29, 0.717) is 0 Å². The predicted octanol–water partition coefficient (Wildman–Crippen LogP) is 0.817. The number of carbonyl (C=O) groups is 3. The number of benzene rings is 1. The lowest BCUT2D eigenvalue weighted by Gasteiger charge is -2.20. The summed E-state index contributed by atoms with van der Waals surface area (Å²) in [7, 11) is 0. The second-order valence-electron chi connectivity index (χ2n) is 3.98. The molecular formula is C13H11NO4. The lowest BCUT2D eigenvalue weighted by atomic mass is 9.90. The van der Waals surface area contributed by atoms with Gasteiger partial charge in [-0.05, 0) is 11.6 Å². The molecular weight excluding hydrogens is 234 g/mol. The van der Waals surface area contributed by atoms with Gasteiger partial charge in [0.15, 0.2) is 0 Å². The molecule has 1 aromatic carbocycles. The maximum Gasteiger partial charge on any atom is 0.311 e. The fourth-order valence-corrected chi connectivity index (χ4v) is 1.82. The van der Waals surface area contributed by atoms with Crippen LogP contribution in [0.15, 0.2) is 35.9 Å². The maximum atomic E-state index is 11.7. The van der Waals surface area contributed by atoms with Gasteiger partial charge < -0.3 is 5.11 Å². The van der Waals surface area contributed by atoms with Gasteiger partial charge in [0.1, 0.15) is 0 Å². The van der Waals surface area contributed by atoms with Gasteiger partial charge in [-0.15, -0.1) is 0 Å². The third-order valence-corrected chi connectivity index (χ3v) is 2.70. The number of aliphatic carboxylic acids is 1. The molecule has 0 saturated carbocycles. The Balaban J connectivity index is 2.39. The largest absolute Gasteiger partial charge is 0.481 e. The zero-order valence-corrected chi connectivity index (χ0v) is 9.42. The summed E-state index contributed by atoms with van der Waals surface area (Å²) >= 11 is 0. The van der Waals surface area contributed by atoms with Crippen LogP contribution >= 0.6 is 0 Å². The van der Waals surface area contributed by atoms with E-state index in [0.717, 1.165) is 5.56 Å². The van der Waals surface area contributed by atoms with Gasteiger partial charge in [-0.1, -0.05) is 30.3 Å². The van der Waals surface area contributed by atoms with Gasteiger partial charge in [0.2, 0.25) is 5.91 Å². The third kappa shape index (κ3) is 2.45. The monoisotopic (exact) mass is 245 g/mol. The Bertz CT molecular complexity index is 533. The second-order valence-corrected chi connectivity index (χ2v) is 3.98. The van der Waals surface area contributed by atoms with E-state index in [2.05, 4.69) is 5.32 Å². The minimum absolute atomic E-state index is 0.105. The molecule has 2 N–H and O–H groups in total. The molecule has 1 aromatic rings. The van der Waals surface area contributed by atoms with E-state index in [1.54, 1.807) is 24.3 Å². The molecule has 2 amide bonds. The molecule has 0 bridgehead atoms. The summed E-state index contributed by atoms with van der Waals surface area (Å²) in [4.78, 5) is 33.9. The maximum absolute atomic E-state index is 11.7. The van der Waals surface area contributed by atoms with Crippen LogP contribution in [0.1, 0.15) is 12.0 Å². The SMILES string of the molecule is O=C1CC(C(=O)O)/C(=C/c2ccccc2)C(=O)N1. The van der Waals surface area contributed by atoms with Crippen molar-refractivity contribution >= 4 is 23.9 Å². The number of carboxylic acid groups (broad SMARTS) is 1. The van der Waals surface area contributed by atoms with Crippen molar-refractivity contribution in [3.8, 4) is 0 Å². The van der Waals surface area contributed by atoms with Crippen LogP contribution in [0.5, 0.6) is 0 Å². The molecule has 1 aliphatic rings. The average Bonchev–Trinajstić information content (AvgIpc) is 2.33. The summed E-state index contributed by atoms with van der Waals surface area (Å²) in [6.45, 7) is 0. The smallest absolute Gasteiger partial charge is 0.311 e. The number of hydrogen-bond donors (Lipinski definition) is 2. The van der Waals surface area contributed by atoms with Gasteiger partial charge >= 0.3 is 5.97 Å². The molecule has 1 saturated heterocycles. The zero-order valence-electron chi connectivity index (χ0n) is 9.42. The summed E-state index contributed by atoms with van der Waals surface area (Å²) < 4.78 is 0. The first-order chi connectivity index (χ1) is 8.58. The molecule has 1 atom stereocenters. The zero-order chi connectivity index (χ0) is 13.1. The molecule has 0 aromatic heterocycles. The van der Waals surface area contributed by atoms with Crippen molar-refractivity contribution in [3.63, 3.8) is 0 Å². The molecule has 1 aliphatic heterocycles. The molecule has 92 valence electrons. The summed E-state index contributed by atoms with van der Waals surface area (Å²) in [6.07, 6.45) is 1.29. The number of rotatable bonds is 2. The van der Waals surface area contributed by atoms with Crippen LogP contribution in [0.3, 0.4) is 0 Å². The quantitative estimate of drug-likeness (QED) is 0.596. The molecule has 0 spiro atoms. The highest BCUT2D eigenvalue weighted by molar-refractivity contribution is 6.13. The summed E-state index contributed by atoms with van der Waals surface area (Å²) in [5, 5.41) is 11.2. The first kappa shape index (κ1) is 12.0. The van der Waals surface area contributed by atoms with Crippen LogP contribution in [0.2, 0.25) is 0 Å². The Morgan fingerprint density at radius 3 is 2.56 bits per heavy atom. The molecule has 0 radical (unpaired) electrons. The number of piperidine rings is 1. The molecule has 5 nitrogen and oxygen atoms in total. The van der Waals surface area contributed by atoms with Crippen molar-refractivity contribution in [1.82, 2.24) is 5.32 Å². The van der Waals surface area contributed by atoms with E-state index in [4.69, 9.17) is 5.11 Å². The Kier molecular flexibility index (Phi) is 3.23. The van der Waals surface area contributed by atoms with Crippen molar-refractivity contribution in [2.75, 3.05) is 0 Å². The summed E-state index contributed by atoms with van der Waals surface area (Å²) in [6, 6.07) is 8.91. The normalized spacial score (nSPS) is 21.8. The minimum atomic E-state index is -1.17. The number of nitrogens with one attached hydrogen (secondary N) is 1. The Morgan fingerprint density at radius 2 is 1.94 bits per heavy atom. The van der Waals surface area contributed by atoms with Gasteiger partial charge in [0.05, 0.1) is 5.92 Å². The van der Waals surface area contributed by atoms with Crippen molar-refractivity contribution in [2.24, 2.45) is 5.92 Å². The number of carbonyl (C=O) groups excluding carboxylic acids is 2. The average molecular weight is 245 g/mol. The molecule has 5 heteroatoms. The van der Waals surface area contributed by atoms with Gasteiger partial charge in [-0.3, -0.25) is 19.7 Å². The van der Waals surface area contributed by atoms with Crippen LogP contribution < -0.4 is 5.32 Å². The van der Waals surface area contributed by atoms with Crippen molar-refractivity contribution in [1.29, 1.82) is 0 Å². The number of amides is 2. The van der Waals surface area contributed by atoms with Crippen LogP contribution in [-0.4, -0.2) is 22.9 Å². The highest BCUT2D eigenvalue weighted by atomic mass is 16.4. The number of hydrogen-bond acceptors (Lipinski definition) is 3. The Hall–Kier alpha value is -2.43. The van der Waals surface area contributed by atoms with Gasteiger partial charge in [-0.2, -0.15) is 0 Å². The highest BCUT2D eigenvalue weighted by Crippen LogP contribution is 2.22. The summed E-state index contributed by atoms with van der Waals surface area (Å²) in [5.74, 6) is -3.44. The van der Waals surface area contributed by atoms with Gasteiger partial charge in [-0.25, -0.2) is 0 Å². The minimum Gasteiger partial charge on any atom is -0.481 e. The van der Waals surface area contributed by atoms with Crippen LogP contribution in [0.4, 0.5) is 0 Å². The first-order valence-corrected chi connectivity index (χ1v) is 5.41. The molecule has 2 rings (SSSR count). The van der Waals surface area contributed by atoms with Crippen LogP contribution in [-0.2, 0) is 14.4 Å². The van der Waals surface area contributed by atoms with Crippen LogP contribution in [0.25, 0.3) is 6.08 Å². The Morgan fingerprint density at radius 1 is 1.28 bits per heavy atom. The van der Waals surface area contributed by atoms with E-state index >= 15 is 0 Å². The van der Waals surface area contributed by atoms with Crippen molar-refractivity contribution < 1.29 is 19.5 Å². The fraction of sp³-hybridized carbons (Fsp3) is 0.154. The third-order valence-electron chi connectivity index (χ3n) is 2.70. The topological polar surface area (TPSA) is 83.5 Å². The van der Waals surface area contributed by atoms with Gasteiger partial charge in [0.25, 0.3) is 5.91 Å². The van der Waals surface area contributed by atoms with E-state index in [-0.39, 0.29) is 12.0 Å². The lowest BCUT2D eigenvalue weighted by Crippen LogP contribution is -2.43. The summed E-state index contributed by atoms with van der Waals surface area (Å²) in [5.41, 5.74) is 0.830. The van der Waals surface area contributed by atoms with Crippen molar-refractivity contribution in [2.45, 2.75) is 6.42 Å². The number of carboxylic acids is 1. The predicted molar refractivity (Wildman–Crippen MR) is 63.3 cm³/mol. The van der Waals surface area contributed by atoms with E-state index < -0.39 is 23.7 Å². The second kappa shape index (κ2) is 4.83. The molecule has 1 unspecified atom stereocenters. The van der Waals surface area contributed by atoms with E-state index in [9.17, 15) is 14.4 Å². The molecule has 18 heavy (non-hydrogen) atoms. The highest BCUT2D eigenvalue weighted by Gasteiger charge is 2.35.